The highest BCUT2D eigenvalue weighted by Crippen LogP contribution is 2.37. The molecule has 2 fully saturated rings. The lowest BCUT2D eigenvalue weighted by molar-refractivity contribution is -0.129. The number of halogens is 2. The van der Waals surface area contributed by atoms with Gasteiger partial charge in [-0.25, -0.2) is 18.7 Å². The number of benzene rings is 1. The summed E-state index contributed by atoms with van der Waals surface area (Å²) < 4.78 is 33.1. The smallest absolute Gasteiger partial charge is 0.219 e. The highest BCUT2D eigenvalue weighted by atomic mass is 19.1. The molecule has 35 heavy (non-hydrogen) atoms. The zero-order valence-corrected chi connectivity index (χ0v) is 19.9. The average Bonchev–Trinajstić information content (AvgIpc) is 2.85. The molecule has 0 spiro atoms. The van der Waals surface area contributed by atoms with Crippen molar-refractivity contribution >= 4 is 17.5 Å². The van der Waals surface area contributed by atoms with Crippen molar-refractivity contribution < 1.29 is 23.1 Å². The van der Waals surface area contributed by atoms with Gasteiger partial charge in [0, 0.05) is 70.6 Å². The van der Waals surface area contributed by atoms with Gasteiger partial charge in [-0.3, -0.25) is 9.59 Å². The first-order chi connectivity index (χ1) is 16.9. The Bertz CT molecular complexity index is 1120. The molecule has 0 bridgehead atoms. The molecule has 3 heterocycles. The Morgan fingerprint density at radius 2 is 1.74 bits per heavy atom. The van der Waals surface area contributed by atoms with Gasteiger partial charge >= 0.3 is 0 Å². The molecule has 1 amide bonds. The van der Waals surface area contributed by atoms with Crippen molar-refractivity contribution in [3.8, 4) is 5.75 Å². The first-order valence-electron chi connectivity index (χ1n) is 12.4. The Hall–Kier alpha value is -3.10. The van der Waals surface area contributed by atoms with Gasteiger partial charge in [-0.05, 0) is 25.0 Å². The number of fused-ring (bicyclic) bond motifs is 1. The van der Waals surface area contributed by atoms with Gasteiger partial charge in [-0.2, -0.15) is 0 Å². The number of carbonyl (C=O) groups excluding carboxylic acids is 2. The van der Waals surface area contributed by atoms with E-state index < -0.39 is 11.6 Å². The molecule has 2 aliphatic heterocycles. The van der Waals surface area contributed by atoms with E-state index in [1.165, 1.54) is 12.1 Å². The Labute approximate surface area is 203 Å². The number of rotatable bonds is 4. The van der Waals surface area contributed by atoms with Gasteiger partial charge in [-0.1, -0.05) is 0 Å². The van der Waals surface area contributed by atoms with Crippen LogP contribution in [0.1, 0.15) is 68.4 Å². The molecule has 1 aromatic carbocycles. The van der Waals surface area contributed by atoms with Crippen molar-refractivity contribution in [1.82, 2.24) is 14.9 Å². The summed E-state index contributed by atoms with van der Waals surface area (Å²) >= 11 is 0. The molecule has 1 saturated heterocycles. The van der Waals surface area contributed by atoms with Crippen LogP contribution in [-0.4, -0.2) is 52.3 Å². The van der Waals surface area contributed by atoms with E-state index in [-0.39, 0.29) is 23.7 Å². The van der Waals surface area contributed by atoms with Crippen molar-refractivity contribution in [1.29, 1.82) is 0 Å². The zero-order valence-electron chi connectivity index (χ0n) is 19.9. The standard InChI is InChI=1S/C26H30F2N4O3/c1-16(33)32-13-10-22-23(15-32)29-25(17-2-5-19(34)6-3-17)26(30-22)31-11-8-20(9-12-31)35-24-7-4-18(27)14-21(24)28/h4,7,14,17,20H,2-3,5-6,8-13,15H2,1H3. The molecule has 3 aliphatic rings. The molecule has 7 nitrogen and oxygen atoms in total. The third-order valence-corrected chi connectivity index (χ3v) is 7.32. The molecule has 2 aromatic rings. The van der Waals surface area contributed by atoms with E-state index in [1.54, 1.807) is 11.8 Å². The predicted molar refractivity (Wildman–Crippen MR) is 125 cm³/mol. The SMILES string of the molecule is CC(=O)N1CCc2nc(N3CCC(Oc4ccc(F)cc4F)CC3)c(C3CCC(=O)CC3)nc2C1. The number of hydrogen-bond acceptors (Lipinski definition) is 6. The monoisotopic (exact) mass is 484 g/mol. The summed E-state index contributed by atoms with van der Waals surface area (Å²) in [5.41, 5.74) is 2.71. The highest BCUT2D eigenvalue weighted by Gasteiger charge is 2.32. The Kier molecular flexibility index (Phi) is 6.67. The minimum atomic E-state index is -0.693. The maximum absolute atomic E-state index is 14.0. The summed E-state index contributed by atoms with van der Waals surface area (Å²) in [5, 5.41) is 0. The van der Waals surface area contributed by atoms with Crippen molar-refractivity contribution in [2.75, 3.05) is 24.5 Å². The number of anilines is 1. The highest BCUT2D eigenvalue weighted by molar-refractivity contribution is 5.79. The van der Waals surface area contributed by atoms with Crippen LogP contribution in [0.25, 0.3) is 0 Å². The van der Waals surface area contributed by atoms with Crippen LogP contribution in [0.15, 0.2) is 18.2 Å². The lowest BCUT2D eigenvalue weighted by Crippen LogP contribution is -2.41. The van der Waals surface area contributed by atoms with E-state index in [9.17, 15) is 18.4 Å². The number of nitrogens with zero attached hydrogens (tertiary/aromatic N) is 4. The van der Waals surface area contributed by atoms with Crippen LogP contribution >= 0.6 is 0 Å². The molecule has 0 N–H and O–H groups in total. The summed E-state index contributed by atoms with van der Waals surface area (Å²) in [5.74, 6) is 0.108. The number of hydrogen-bond donors (Lipinski definition) is 0. The quantitative estimate of drug-likeness (QED) is 0.655. The number of ketones is 1. The topological polar surface area (TPSA) is 75.6 Å². The maximum Gasteiger partial charge on any atom is 0.219 e. The van der Waals surface area contributed by atoms with Gasteiger partial charge in [0.25, 0.3) is 0 Å². The summed E-state index contributed by atoms with van der Waals surface area (Å²) in [7, 11) is 0. The number of amides is 1. The van der Waals surface area contributed by atoms with E-state index in [0.29, 0.717) is 64.1 Å². The Morgan fingerprint density at radius 1 is 1.00 bits per heavy atom. The third kappa shape index (κ3) is 5.13. The van der Waals surface area contributed by atoms with Gasteiger partial charge in [-0.15, -0.1) is 0 Å². The number of ether oxygens (including phenoxy) is 1. The van der Waals surface area contributed by atoms with Crippen LogP contribution in [0.2, 0.25) is 0 Å². The van der Waals surface area contributed by atoms with Gasteiger partial charge in [0.15, 0.2) is 17.4 Å². The molecule has 1 saturated carbocycles. The number of aromatic nitrogens is 2. The molecule has 0 unspecified atom stereocenters. The fraction of sp³-hybridized carbons (Fsp3) is 0.538. The van der Waals surface area contributed by atoms with Crippen LogP contribution in [0.4, 0.5) is 14.6 Å². The summed E-state index contributed by atoms with van der Waals surface area (Å²) in [4.78, 5) is 37.9. The summed E-state index contributed by atoms with van der Waals surface area (Å²) in [6, 6.07) is 3.37. The molecule has 1 aromatic heterocycles. The van der Waals surface area contributed by atoms with E-state index >= 15 is 0 Å². The van der Waals surface area contributed by atoms with Crippen LogP contribution < -0.4 is 9.64 Å². The molecule has 5 rings (SSSR count). The second-order valence-electron chi connectivity index (χ2n) is 9.71. The van der Waals surface area contributed by atoms with Gasteiger partial charge in [0.1, 0.15) is 17.7 Å². The van der Waals surface area contributed by atoms with Crippen molar-refractivity contribution in [2.24, 2.45) is 0 Å². The molecular weight excluding hydrogens is 454 g/mol. The fourth-order valence-corrected chi connectivity index (χ4v) is 5.26. The molecule has 0 radical (unpaired) electrons. The van der Waals surface area contributed by atoms with Gasteiger partial charge < -0.3 is 14.5 Å². The maximum atomic E-state index is 14.0. The first-order valence-corrected chi connectivity index (χ1v) is 12.4. The van der Waals surface area contributed by atoms with E-state index in [0.717, 1.165) is 41.8 Å². The van der Waals surface area contributed by atoms with E-state index in [2.05, 4.69) is 4.90 Å². The number of Topliss-reactive ketones (excluding diaryl/α,β-unsaturated/α-hetero) is 1. The second kappa shape index (κ2) is 9.87. The van der Waals surface area contributed by atoms with Crippen LogP contribution in [0, 0.1) is 11.6 Å². The second-order valence-corrected chi connectivity index (χ2v) is 9.71. The molecular formula is C26H30F2N4O3. The average molecular weight is 485 g/mol. The van der Waals surface area contributed by atoms with E-state index in [4.69, 9.17) is 14.7 Å². The van der Waals surface area contributed by atoms with Crippen molar-refractivity contribution in [3.05, 3.63) is 46.9 Å². The normalized spacial score (nSPS) is 19.6. The molecule has 9 heteroatoms. The van der Waals surface area contributed by atoms with Crippen molar-refractivity contribution in [3.63, 3.8) is 0 Å². The zero-order chi connectivity index (χ0) is 24.5. The summed E-state index contributed by atoms with van der Waals surface area (Å²) in [6.45, 7) is 4.03. The summed E-state index contributed by atoms with van der Waals surface area (Å²) in [6.07, 6.45) is 4.49. The lowest BCUT2D eigenvalue weighted by atomic mass is 9.85. The third-order valence-electron chi connectivity index (χ3n) is 7.32. The van der Waals surface area contributed by atoms with E-state index in [1.807, 2.05) is 0 Å². The Morgan fingerprint density at radius 3 is 2.43 bits per heavy atom. The largest absolute Gasteiger partial charge is 0.487 e. The van der Waals surface area contributed by atoms with Crippen molar-refractivity contribution in [2.45, 2.75) is 70.4 Å². The van der Waals surface area contributed by atoms with Gasteiger partial charge in [0.2, 0.25) is 5.91 Å². The first kappa shape index (κ1) is 23.6. The van der Waals surface area contributed by atoms with Gasteiger partial charge in [0.05, 0.1) is 23.6 Å². The lowest BCUT2D eigenvalue weighted by Gasteiger charge is -2.36. The molecule has 0 atom stereocenters. The fourth-order valence-electron chi connectivity index (χ4n) is 5.26. The minimum absolute atomic E-state index is 0.0333. The van der Waals surface area contributed by atoms with Crippen LogP contribution in [0.5, 0.6) is 5.75 Å². The Balaban J connectivity index is 1.35. The number of carbonyl (C=O) groups is 2. The molecule has 1 aliphatic carbocycles. The molecule has 186 valence electrons. The minimum Gasteiger partial charge on any atom is -0.487 e. The predicted octanol–water partition coefficient (Wildman–Crippen LogP) is 3.93. The van der Waals surface area contributed by atoms with Crippen LogP contribution in [-0.2, 0) is 22.6 Å². The number of piperidine rings is 1. The van der Waals surface area contributed by atoms with Crippen LogP contribution in [0.3, 0.4) is 0 Å².